The third-order valence-electron chi connectivity index (χ3n) is 7.99. The topological polar surface area (TPSA) is 40.6 Å². The van der Waals surface area contributed by atoms with Gasteiger partial charge in [-0.15, -0.1) is 0 Å². The number of hydrogen-bond acceptors (Lipinski definition) is 2. The molecule has 0 bridgehead atoms. The minimum atomic E-state index is -0.346. The lowest BCUT2D eigenvalue weighted by Gasteiger charge is -2.46. The number of hydrogen-bond donors (Lipinski definition) is 0. The van der Waals surface area contributed by atoms with Crippen LogP contribution in [0.1, 0.15) is 57.4 Å². The number of carbonyl (C=O) groups excluding carboxylic acids is 2. The van der Waals surface area contributed by atoms with E-state index < -0.39 is 0 Å². The minimum Gasteiger partial charge on any atom is -0.342 e. The Labute approximate surface area is 201 Å². The Morgan fingerprint density at radius 2 is 1.47 bits per heavy atom. The van der Waals surface area contributed by atoms with Crippen LogP contribution in [0.4, 0.5) is 0 Å². The molecule has 0 spiro atoms. The molecule has 0 saturated carbocycles. The molecule has 4 heteroatoms. The number of benzene rings is 3. The second-order valence-electron chi connectivity index (χ2n) is 9.92. The van der Waals surface area contributed by atoms with Gasteiger partial charge in [-0.2, -0.15) is 0 Å². The second kappa shape index (κ2) is 8.75. The molecule has 3 heterocycles. The van der Waals surface area contributed by atoms with Crippen LogP contribution in [0.5, 0.6) is 0 Å². The molecule has 0 N–H and O–H groups in total. The fourth-order valence-electron chi connectivity index (χ4n) is 6.24. The molecule has 0 aliphatic carbocycles. The van der Waals surface area contributed by atoms with Gasteiger partial charge in [0.1, 0.15) is 0 Å². The Hall–Kier alpha value is -3.40. The van der Waals surface area contributed by atoms with Gasteiger partial charge >= 0.3 is 0 Å². The van der Waals surface area contributed by atoms with E-state index in [1.54, 1.807) is 0 Å². The zero-order valence-corrected chi connectivity index (χ0v) is 19.4. The number of nitrogens with zero attached hydrogens (tertiary/aromatic N) is 2. The Balaban J connectivity index is 1.29. The van der Waals surface area contributed by atoms with Crippen molar-refractivity contribution in [1.82, 2.24) is 9.80 Å². The van der Waals surface area contributed by atoms with E-state index in [1.165, 1.54) is 11.1 Å². The molecule has 3 aliphatic heterocycles. The summed E-state index contributed by atoms with van der Waals surface area (Å²) in [5.41, 5.74) is 5.35. The van der Waals surface area contributed by atoms with E-state index in [2.05, 4.69) is 53.4 Å². The number of fused-ring (bicyclic) bond motifs is 4. The van der Waals surface area contributed by atoms with Gasteiger partial charge in [-0.3, -0.25) is 9.59 Å². The minimum absolute atomic E-state index is 0.0562. The molecule has 1 fully saturated rings. The number of rotatable bonds is 3. The van der Waals surface area contributed by atoms with Crippen LogP contribution < -0.4 is 0 Å². The Bertz CT molecular complexity index is 1210. The van der Waals surface area contributed by atoms with Crippen molar-refractivity contribution in [3.05, 3.63) is 107 Å². The van der Waals surface area contributed by atoms with Gasteiger partial charge in [0.2, 0.25) is 5.91 Å². The number of carbonyl (C=O) groups is 2. The highest BCUT2D eigenvalue weighted by molar-refractivity contribution is 6.01. The van der Waals surface area contributed by atoms with Gasteiger partial charge in [0.15, 0.2) is 0 Å². The molecular formula is C30H30N2O2. The molecule has 34 heavy (non-hydrogen) atoms. The van der Waals surface area contributed by atoms with Crippen molar-refractivity contribution in [3.8, 4) is 0 Å². The zero-order chi connectivity index (χ0) is 23.1. The summed E-state index contributed by atoms with van der Waals surface area (Å²) in [5, 5.41) is 0. The molecule has 1 saturated heterocycles. The lowest BCUT2D eigenvalue weighted by atomic mass is 9.75. The van der Waals surface area contributed by atoms with Crippen molar-refractivity contribution >= 4 is 11.8 Å². The van der Waals surface area contributed by atoms with E-state index >= 15 is 0 Å². The molecule has 0 radical (unpaired) electrons. The van der Waals surface area contributed by atoms with Gasteiger partial charge in [-0.1, -0.05) is 72.8 Å². The van der Waals surface area contributed by atoms with Crippen molar-refractivity contribution in [2.75, 3.05) is 19.6 Å². The molecule has 3 aliphatic rings. The van der Waals surface area contributed by atoms with Crippen LogP contribution in [-0.4, -0.2) is 41.2 Å². The maximum Gasteiger partial charge on any atom is 0.254 e. The van der Waals surface area contributed by atoms with E-state index in [0.717, 1.165) is 49.9 Å². The van der Waals surface area contributed by atoms with E-state index in [1.807, 2.05) is 35.2 Å². The SMILES string of the molecule is O=C(C1c2ccccc2C(=O)N2CCc3ccccc3C12)N1CCC(Cc2ccccc2)CC1. The summed E-state index contributed by atoms with van der Waals surface area (Å²) in [6.07, 6.45) is 3.97. The molecule has 0 aromatic heterocycles. The first-order valence-corrected chi connectivity index (χ1v) is 12.5. The van der Waals surface area contributed by atoms with E-state index in [0.29, 0.717) is 18.0 Å². The van der Waals surface area contributed by atoms with E-state index in [9.17, 15) is 9.59 Å². The highest BCUT2D eigenvalue weighted by atomic mass is 16.2. The predicted molar refractivity (Wildman–Crippen MR) is 133 cm³/mol. The van der Waals surface area contributed by atoms with E-state index in [4.69, 9.17) is 0 Å². The molecule has 4 nitrogen and oxygen atoms in total. The average Bonchev–Trinajstić information content (AvgIpc) is 2.89. The molecule has 2 amide bonds. The molecule has 3 aromatic rings. The summed E-state index contributed by atoms with van der Waals surface area (Å²) >= 11 is 0. The number of likely N-dealkylation sites (tertiary alicyclic amines) is 1. The molecule has 2 atom stereocenters. The van der Waals surface area contributed by atoms with Crippen LogP contribution >= 0.6 is 0 Å². The van der Waals surface area contributed by atoms with Crippen LogP contribution in [-0.2, 0) is 17.6 Å². The lowest BCUT2D eigenvalue weighted by molar-refractivity contribution is -0.136. The van der Waals surface area contributed by atoms with Crippen LogP contribution in [0.2, 0.25) is 0 Å². The van der Waals surface area contributed by atoms with Crippen molar-refractivity contribution < 1.29 is 9.59 Å². The summed E-state index contributed by atoms with van der Waals surface area (Å²) < 4.78 is 0. The van der Waals surface area contributed by atoms with Gasteiger partial charge in [0, 0.05) is 25.2 Å². The highest BCUT2D eigenvalue weighted by Gasteiger charge is 2.47. The Morgan fingerprint density at radius 3 is 2.26 bits per heavy atom. The van der Waals surface area contributed by atoms with Gasteiger partial charge < -0.3 is 9.80 Å². The molecular weight excluding hydrogens is 420 g/mol. The summed E-state index contributed by atoms with van der Waals surface area (Å²) in [6.45, 7) is 2.24. The van der Waals surface area contributed by atoms with E-state index in [-0.39, 0.29) is 23.8 Å². The smallest absolute Gasteiger partial charge is 0.254 e. The number of amides is 2. The van der Waals surface area contributed by atoms with Gasteiger partial charge in [-0.25, -0.2) is 0 Å². The largest absolute Gasteiger partial charge is 0.342 e. The highest BCUT2D eigenvalue weighted by Crippen LogP contribution is 2.46. The molecule has 2 unspecified atom stereocenters. The molecule has 6 rings (SSSR count). The maximum atomic E-state index is 14.1. The maximum absolute atomic E-state index is 14.1. The Morgan fingerprint density at radius 1 is 0.794 bits per heavy atom. The van der Waals surface area contributed by atoms with Crippen LogP contribution in [0.25, 0.3) is 0 Å². The van der Waals surface area contributed by atoms with Gasteiger partial charge in [0.05, 0.1) is 12.0 Å². The fourth-order valence-corrected chi connectivity index (χ4v) is 6.24. The summed E-state index contributed by atoms with van der Waals surface area (Å²) in [4.78, 5) is 31.6. The standard InChI is InChI=1S/C30H30N2O2/c33-29-26-13-7-6-12-25(26)27(28-24-11-5-4-10-23(24)16-19-32(28)29)30(34)31-17-14-22(15-18-31)20-21-8-2-1-3-9-21/h1-13,22,27-28H,14-20H2. The van der Waals surface area contributed by atoms with Crippen molar-refractivity contribution in [2.24, 2.45) is 5.92 Å². The quantitative estimate of drug-likeness (QED) is 0.563. The van der Waals surface area contributed by atoms with Gasteiger partial charge in [-0.05, 0) is 59.9 Å². The van der Waals surface area contributed by atoms with Crippen LogP contribution in [0.3, 0.4) is 0 Å². The Kier molecular flexibility index (Phi) is 5.44. The first-order chi connectivity index (χ1) is 16.7. The fraction of sp³-hybridized carbons (Fsp3) is 0.333. The normalized spacial score (nSPS) is 22.1. The number of piperidine rings is 1. The van der Waals surface area contributed by atoms with Crippen molar-refractivity contribution in [3.63, 3.8) is 0 Å². The first kappa shape index (κ1) is 21.2. The summed E-state index contributed by atoms with van der Waals surface area (Å²) in [5.74, 6) is 0.491. The average molecular weight is 451 g/mol. The third-order valence-corrected chi connectivity index (χ3v) is 7.99. The zero-order valence-electron chi connectivity index (χ0n) is 19.4. The molecule has 3 aromatic carbocycles. The van der Waals surface area contributed by atoms with Crippen LogP contribution in [0.15, 0.2) is 78.9 Å². The van der Waals surface area contributed by atoms with Crippen molar-refractivity contribution in [2.45, 2.75) is 37.6 Å². The first-order valence-electron chi connectivity index (χ1n) is 12.5. The summed E-state index contributed by atoms with van der Waals surface area (Å²) in [7, 11) is 0. The predicted octanol–water partition coefficient (Wildman–Crippen LogP) is 5.00. The van der Waals surface area contributed by atoms with Crippen LogP contribution in [0, 0.1) is 5.92 Å². The van der Waals surface area contributed by atoms with Gasteiger partial charge in [0.25, 0.3) is 5.91 Å². The lowest BCUT2D eigenvalue weighted by Crippen LogP contribution is -2.51. The third kappa shape index (κ3) is 3.62. The monoisotopic (exact) mass is 450 g/mol. The molecule has 172 valence electrons. The van der Waals surface area contributed by atoms with Crippen molar-refractivity contribution in [1.29, 1.82) is 0 Å². The second-order valence-corrected chi connectivity index (χ2v) is 9.92. The summed E-state index contributed by atoms with van der Waals surface area (Å²) in [6, 6.07) is 26.5.